The number of carbonyl (C=O) groups is 2. The first kappa shape index (κ1) is 38.4. The molecule has 1 atom stereocenters. The minimum Gasteiger partial charge on any atom is -0.508 e. The summed E-state index contributed by atoms with van der Waals surface area (Å²) < 4.78 is 0. The number of aromatic hydroxyl groups is 1. The molecule has 1 heterocycles. The van der Waals surface area contributed by atoms with E-state index < -0.39 is 11.9 Å². The maximum Gasteiger partial charge on any atom is 0.280 e. The van der Waals surface area contributed by atoms with Gasteiger partial charge in [0.15, 0.2) is 5.84 Å². The second kappa shape index (κ2) is 19.1. The Kier molecular flexibility index (Phi) is 15.0. The maximum atomic E-state index is 13.7. The molecule has 262 valence electrons. The van der Waals surface area contributed by atoms with Crippen LogP contribution in [0.1, 0.15) is 89.5 Å². The molecule has 0 aromatic heterocycles. The number of amidine groups is 1. The number of hydrogen-bond acceptors (Lipinski definition) is 6. The van der Waals surface area contributed by atoms with E-state index in [-0.39, 0.29) is 38.2 Å². The summed E-state index contributed by atoms with van der Waals surface area (Å²) >= 11 is 25.5. The standard InChI is InChI=1S/C36H42Cl4N6O3/c1-3-4-5-6-7-8-9-10-11-12-13-14-32(48)41-25-15-17-27(38)30(22-25)42-35-33(44-43-26-16-18-31(47)23(2)19-26)36(49)46(45-35)34-28(39)20-24(37)21-29(34)40/h15-22,33,47H,3-14H2,1-2H3,(H,41,48)(H,42,45). The van der Waals surface area contributed by atoms with Crippen molar-refractivity contribution in [3.8, 4) is 5.75 Å². The highest BCUT2D eigenvalue weighted by Gasteiger charge is 2.41. The van der Waals surface area contributed by atoms with Crippen LogP contribution in [0.3, 0.4) is 0 Å². The predicted octanol–water partition coefficient (Wildman–Crippen LogP) is 11.7. The summed E-state index contributed by atoms with van der Waals surface area (Å²) in [5.74, 6) is -0.451. The summed E-state index contributed by atoms with van der Waals surface area (Å²) in [7, 11) is 0. The highest BCUT2D eigenvalue weighted by Crippen LogP contribution is 2.38. The van der Waals surface area contributed by atoms with Crippen molar-refractivity contribution in [2.24, 2.45) is 15.2 Å². The lowest BCUT2D eigenvalue weighted by atomic mass is 10.1. The van der Waals surface area contributed by atoms with Crippen LogP contribution in [-0.2, 0) is 9.59 Å². The number of unbranched alkanes of at least 4 members (excludes halogenated alkanes) is 10. The molecule has 0 radical (unpaired) electrons. The van der Waals surface area contributed by atoms with Crippen molar-refractivity contribution in [1.82, 2.24) is 5.43 Å². The van der Waals surface area contributed by atoms with Crippen LogP contribution in [0.15, 0.2) is 63.8 Å². The fourth-order valence-electron chi connectivity index (χ4n) is 5.38. The molecule has 13 heteroatoms. The van der Waals surface area contributed by atoms with E-state index in [1.807, 2.05) is 0 Å². The summed E-state index contributed by atoms with van der Waals surface area (Å²) in [4.78, 5) is 31.1. The number of azo groups is 1. The van der Waals surface area contributed by atoms with Crippen LogP contribution >= 0.6 is 46.4 Å². The van der Waals surface area contributed by atoms with Gasteiger partial charge in [0.05, 0.1) is 26.4 Å². The number of hydrogen-bond donors (Lipinski definition) is 3. The van der Waals surface area contributed by atoms with E-state index >= 15 is 0 Å². The van der Waals surface area contributed by atoms with Gasteiger partial charge in [0.25, 0.3) is 5.91 Å². The molecule has 0 spiro atoms. The lowest BCUT2D eigenvalue weighted by molar-refractivity contribution is -0.118. The lowest BCUT2D eigenvalue weighted by Crippen LogP contribution is -2.36. The first-order chi connectivity index (χ1) is 23.6. The number of anilines is 2. The quantitative estimate of drug-likeness (QED) is 0.0940. The summed E-state index contributed by atoms with van der Waals surface area (Å²) in [6, 6.07) is 11.3. The van der Waals surface area contributed by atoms with Gasteiger partial charge in [-0.3, -0.25) is 15.0 Å². The molecule has 2 amide bonds. The van der Waals surface area contributed by atoms with Crippen LogP contribution in [0, 0.1) is 6.92 Å². The fraction of sp³-hybridized carbons (Fsp3) is 0.417. The number of aliphatic imine (C=N–C) groups is 1. The van der Waals surface area contributed by atoms with E-state index in [0.717, 1.165) is 24.3 Å². The van der Waals surface area contributed by atoms with Gasteiger partial charge in [0, 0.05) is 17.1 Å². The van der Waals surface area contributed by atoms with Gasteiger partial charge in [-0.2, -0.15) is 10.2 Å². The molecule has 49 heavy (non-hydrogen) atoms. The molecule has 1 fully saturated rings. The minimum atomic E-state index is -1.23. The molecular weight excluding hydrogens is 706 g/mol. The summed E-state index contributed by atoms with van der Waals surface area (Å²) in [6.07, 6.45) is 13.7. The van der Waals surface area contributed by atoms with Gasteiger partial charge < -0.3 is 10.4 Å². The highest BCUT2D eigenvalue weighted by molar-refractivity contribution is 6.43. The number of carbonyl (C=O) groups excluding carboxylic acids is 2. The molecule has 4 rings (SSSR count). The average molecular weight is 749 g/mol. The van der Waals surface area contributed by atoms with Crippen LogP contribution < -0.4 is 15.8 Å². The van der Waals surface area contributed by atoms with Crippen molar-refractivity contribution in [3.63, 3.8) is 0 Å². The van der Waals surface area contributed by atoms with Crippen molar-refractivity contribution in [1.29, 1.82) is 0 Å². The molecule has 1 unspecified atom stereocenters. The van der Waals surface area contributed by atoms with Crippen LogP contribution in [0.25, 0.3) is 0 Å². The van der Waals surface area contributed by atoms with Crippen LogP contribution in [-0.4, -0.2) is 28.8 Å². The second-order valence-corrected chi connectivity index (χ2v) is 13.7. The number of hydrazine groups is 1. The smallest absolute Gasteiger partial charge is 0.280 e. The monoisotopic (exact) mass is 746 g/mol. The summed E-state index contributed by atoms with van der Waals surface area (Å²) in [5.41, 5.74) is 4.93. The van der Waals surface area contributed by atoms with E-state index in [1.165, 1.54) is 69.6 Å². The molecule has 3 N–H and O–H groups in total. The predicted molar refractivity (Wildman–Crippen MR) is 201 cm³/mol. The highest BCUT2D eigenvalue weighted by atomic mass is 35.5. The van der Waals surface area contributed by atoms with Gasteiger partial charge in [0.2, 0.25) is 11.9 Å². The number of halogens is 4. The summed E-state index contributed by atoms with van der Waals surface area (Å²) in [6.45, 7) is 3.96. The second-order valence-electron chi connectivity index (χ2n) is 12.1. The third-order valence-electron chi connectivity index (χ3n) is 8.09. The molecule has 0 bridgehead atoms. The molecule has 3 aromatic carbocycles. The molecular formula is C36H42Cl4N6O3. The Bertz CT molecular complexity index is 1660. The molecule has 3 aromatic rings. The normalized spacial score (nSPS) is 15.4. The maximum absolute atomic E-state index is 13.7. The molecule has 1 saturated heterocycles. The van der Waals surface area contributed by atoms with Gasteiger partial charge in [-0.25, -0.2) is 10.0 Å². The Labute approximate surface area is 308 Å². The van der Waals surface area contributed by atoms with Crippen LogP contribution in [0.2, 0.25) is 20.1 Å². The lowest BCUT2D eigenvalue weighted by Gasteiger charge is -2.19. The first-order valence-corrected chi connectivity index (χ1v) is 18.2. The third kappa shape index (κ3) is 11.3. The van der Waals surface area contributed by atoms with Gasteiger partial charge in [-0.05, 0) is 67.4 Å². The van der Waals surface area contributed by atoms with E-state index in [0.29, 0.717) is 34.1 Å². The largest absolute Gasteiger partial charge is 0.508 e. The summed E-state index contributed by atoms with van der Waals surface area (Å²) in [5, 5.41) is 23.3. The topological polar surface area (TPSA) is 119 Å². The van der Waals surface area contributed by atoms with E-state index in [9.17, 15) is 14.7 Å². The fourth-order valence-corrected chi connectivity index (χ4v) is 6.53. The minimum absolute atomic E-state index is 0.0951. The number of aryl methyl sites for hydroxylation is 1. The zero-order valence-corrected chi connectivity index (χ0v) is 30.8. The number of nitrogens with one attached hydrogen (secondary N) is 2. The molecule has 0 aliphatic carbocycles. The number of benzene rings is 3. The number of rotatable bonds is 17. The van der Waals surface area contributed by atoms with E-state index in [1.54, 1.807) is 37.3 Å². The number of phenols is 1. The van der Waals surface area contributed by atoms with Gasteiger partial charge >= 0.3 is 0 Å². The Balaban J connectivity index is 1.45. The zero-order valence-electron chi connectivity index (χ0n) is 27.7. The van der Waals surface area contributed by atoms with Crippen molar-refractivity contribution >= 4 is 86.8 Å². The zero-order chi connectivity index (χ0) is 35.3. The van der Waals surface area contributed by atoms with E-state index in [4.69, 9.17) is 46.4 Å². The Hall–Kier alpha value is -3.37. The van der Waals surface area contributed by atoms with Crippen molar-refractivity contribution in [2.75, 3.05) is 10.3 Å². The Morgan fingerprint density at radius 2 is 1.49 bits per heavy atom. The SMILES string of the molecule is CCCCCCCCCCCCCC(=O)Nc1ccc(Cl)c(N=C2NN(c3c(Cl)cc(Cl)cc3Cl)C(=O)C2N=Nc2ccc(O)c(C)c2)c1. The third-order valence-corrected chi connectivity index (χ3v) is 9.21. The molecule has 0 saturated carbocycles. The van der Waals surface area contributed by atoms with Crippen LogP contribution in [0.4, 0.5) is 22.7 Å². The first-order valence-electron chi connectivity index (χ1n) is 16.7. The number of phenolic OH excluding ortho intramolecular Hbond substituents is 1. The van der Waals surface area contributed by atoms with E-state index in [2.05, 4.69) is 32.9 Å². The molecule has 9 nitrogen and oxygen atoms in total. The van der Waals surface area contributed by atoms with Crippen molar-refractivity contribution in [2.45, 2.75) is 96.9 Å². The Morgan fingerprint density at radius 3 is 2.12 bits per heavy atom. The molecule has 1 aliphatic heterocycles. The van der Waals surface area contributed by atoms with Gasteiger partial charge in [-0.15, -0.1) is 0 Å². The Morgan fingerprint density at radius 1 is 0.857 bits per heavy atom. The van der Waals surface area contributed by atoms with Crippen molar-refractivity contribution < 1.29 is 14.7 Å². The number of amides is 2. The van der Waals surface area contributed by atoms with Crippen LogP contribution in [0.5, 0.6) is 5.75 Å². The van der Waals surface area contributed by atoms with Crippen molar-refractivity contribution in [3.05, 3.63) is 74.2 Å². The average Bonchev–Trinajstić information content (AvgIpc) is 3.35. The molecule has 1 aliphatic rings. The van der Waals surface area contributed by atoms with Gasteiger partial charge in [0.1, 0.15) is 11.4 Å². The van der Waals surface area contributed by atoms with Gasteiger partial charge in [-0.1, -0.05) is 118 Å². The number of nitrogens with zero attached hydrogens (tertiary/aromatic N) is 4.